The molecule has 0 spiro atoms. The SMILES string of the molecule is COc1cc(C=NNc2nc(-c3ccccc3)cs2)ccc1OCc1ccc([N+](=O)[O-])cc1. The van der Waals surface area contributed by atoms with E-state index in [1.807, 2.05) is 47.8 Å². The maximum Gasteiger partial charge on any atom is 0.269 e. The fraction of sp³-hybridized carbons (Fsp3) is 0.0833. The molecule has 0 saturated heterocycles. The summed E-state index contributed by atoms with van der Waals surface area (Å²) in [4.78, 5) is 14.9. The molecule has 4 rings (SSSR count). The second-order valence-electron chi connectivity index (χ2n) is 6.90. The summed E-state index contributed by atoms with van der Waals surface area (Å²) < 4.78 is 11.3. The van der Waals surface area contributed by atoms with Gasteiger partial charge in [-0.1, -0.05) is 30.3 Å². The minimum Gasteiger partial charge on any atom is -0.493 e. The van der Waals surface area contributed by atoms with Crippen molar-refractivity contribution < 1.29 is 14.4 Å². The Hall–Kier alpha value is -4.24. The lowest BCUT2D eigenvalue weighted by Gasteiger charge is -2.11. The van der Waals surface area contributed by atoms with Gasteiger partial charge < -0.3 is 9.47 Å². The first-order chi connectivity index (χ1) is 16.1. The fourth-order valence-corrected chi connectivity index (χ4v) is 3.66. The van der Waals surface area contributed by atoms with Crippen LogP contribution < -0.4 is 14.9 Å². The van der Waals surface area contributed by atoms with E-state index in [4.69, 9.17) is 9.47 Å². The molecular formula is C24H20N4O4S. The molecule has 0 radical (unpaired) electrons. The minimum atomic E-state index is -0.431. The second kappa shape index (κ2) is 10.4. The lowest BCUT2D eigenvalue weighted by molar-refractivity contribution is -0.384. The van der Waals surface area contributed by atoms with E-state index in [0.717, 1.165) is 22.4 Å². The highest BCUT2D eigenvalue weighted by atomic mass is 32.1. The van der Waals surface area contributed by atoms with Crippen LogP contribution in [0.4, 0.5) is 10.8 Å². The molecule has 0 saturated carbocycles. The third-order valence-electron chi connectivity index (χ3n) is 4.68. The van der Waals surface area contributed by atoms with Crippen LogP contribution in [0.3, 0.4) is 0 Å². The summed E-state index contributed by atoms with van der Waals surface area (Å²) in [6.07, 6.45) is 1.67. The van der Waals surface area contributed by atoms with E-state index >= 15 is 0 Å². The van der Waals surface area contributed by atoms with Crippen LogP contribution in [0.1, 0.15) is 11.1 Å². The number of hydrogen-bond acceptors (Lipinski definition) is 8. The fourth-order valence-electron chi connectivity index (χ4n) is 2.99. The van der Waals surface area contributed by atoms with Gasteiger partial charge in [0.15, 0.2) is 11.5 Å². The predicted octanol–water partition coefficient (Wildman–Crippen LogP) is 5.75. The van der Waals surface area contributed by atoms with Gasteiger partial charge in [0.05, 0.1) is 23.9 Å². The van der Waals surface area contributed by atoms with Gasteiger partial charge in [0.1, 0.15) is 6.61 Å². The largest absolute Gasteiger partial charge is 0.493 e. The van der Waals surface area contributed by atoms with Crippen LogP contribution in [0.25, 0.3) is 11.3 Å². The van der Waals surface area contributed by atoms with Gasteiger partial charge >= 0.3 is 0 Å². The van der Waals surface area contributed by atoms with E-state index < -0.39 is 4.92 Å². The molecule has 0 atom stereocenters. The summed E-state index contributed by atoms with van der Waals surface area (Å²) in [7, 11) is 1.56. The maximum atomic E-state index is 10.8. The van der Waals surface area contributed by atoms with Gasteiger partial charge in [-0.25, -0.2) is 4.98 Å². The summed E-state index contributed by atoms with van der Waals surface area (Å²) in [6, 6.07) is 21.7. The Morgan fingerprint density at radius 3 is 2.61 bits per heavy atom. The number of benzene rings is 3. The van der Waals surface area contributed by atoms with Crippen LogP contribution in [-0.4, -0.2) is 23.2 Å². The number of thiazole rings is 1. The molecule has 166 valence electrons. The van der Waals surface area contributed by atoms with Gasteiger partial charge in [0.2, 0.25) is 5.13 Å². The molecule has 1 heterocycles. The zero-order valence-corrected chi connectivity index (χ0v) is 18.5. The molecule has 0 aliphatic carbocycles. The number of aromatic nitrogens is 1. The van der Waals surface area contributed by atoms with Crippen molar-refractivity contribution in [3.8, 4) is 22.8 Å². The van der Waals surface area contributed by atoms with Crippen molar-refractivity contribution in [2.75, 3.05) is 12.5 Å². The van der Waals surface area contributed by atoms with E-state index in [-0.39, 0.29) is 12.3 Å². The zero-order chi connectivity index (χ0) is 23.0. The highest BCUT2D eigenvalue weighted by molar-refractivity contribution is 7.14. The third-order valence-corrected chi connectivity index (χ3v) is 5.42. The number of anilines is 1. The van der Waals surface area contributed by atoms with Crippen molar-refractivity contribution in [2.45, 2.75) is 6.61 Å². The quantitative estimate of drug-likeness (QED) is 0.194. The van der Waals surface area contributed by atoms with Crippen LogP contribution in [0, 0.1) is 10.1 Å². The van der Waals surface area contributed by atoms with Crippen molar-refractivity contribution >= 4 is 28.4 Å². The summed E-state index contributed by atoms with van der Waals surface area (Å²) in [5, 5.41) is 17.7. The predicted molar refractivity (Wildman–Crippen MR) is 129 cm³/mol. The van der Waals surface area contributed by atoms with E-state index in [9.17, 15) is 10.1 Å². The lowest BCUT2D eigenvalue weighted by Crippen LogP contribution is -1.99. The highest BCUT2D eigenvalue weighted by Gasteiger charge is 2.08. The van der Waals surface area contributed by atoms with Gasteiger partial charge in [0.25, 0.3) is 5.69 Å². The first-order valence-electron chi connectivity index (χ1n) is 9.96. The monoisotopic (exact) mass is 460 g/mol. The Morgan fingerprint density at radius 2 is 1.88 bits per heavy atom. The second-order valence-corrected chi connectivity index (χ2v) is 7.75. The Balaban J connectivity index is 1.37. The molecule has 4 aromatic rings. The molecule has 0 bridgehead atoms. The van der Waals surface area contributed by atoms with Crippen LogP contribution in [0.15, 0.2) is 83.3 Å². The summed E-state index contributed by atoms with van der Waals surface area (Å²) in [5.74, 6) is 1.12. The van der Waals surface area contributed by atoms with E-state index in [2.05, 4.69) is 15.5 Å². The zero-order valence-electron chi connectivity index (χ0n) is 17.7. The van der Waals surface area contributed by atoms with Crippen LogP contribution >= 0.6 is 11.3 Å². The molecule has 0 aliphatic rings. The van der Waals surface area contributed by atoms with E-state index in [1.165, 1.54) is 23.5 Å². The van der Waals surface area contributed by atoms with Gasteiger partial charge in [-0.15, -0.1) is 11.3 Å². The van der Waals surface area contributed by atoms with Crippen molar-refractivity contribution in [1.82, 2.24) is 4.98 Å². The van der Waals surface area contributed by atoms with Crippen LogP contribution in [0.2, 0.25) is 0 Å². The van der Waals surface area contributed by atoms with Crippen molar-refractivity contribution in [3.05, 3.63) is 99.4 Å². The molecule has 0 fully saturated rings. The number of ether oxygens (including phenoxy) is 2. The standard InChI is InChI=1S/C24H20N4O4S/c1-31-23-13-18(9-12-22(23)32-15-17-7-10-20(11-8-17)28(29)30)14-25-27-24-26-21(16-33-24)19-5-3-2-4-6-19/h2-14,16H,15H2,1H3,(H,26,27). The minimum absolute atomic E-state index is 0.0441. The molecule has 1 N–H and O–H groups in total. The number of non-ortho nitro benzene ring substituents is 1. The number of hydrogen-bond donors (Lipinski definition) is 1. The maximum absolute atomic E-state index is 10.8. The number of nitro groups is 1. The van der Waals surface area contributed by atoms with Crippen LogP contribution in [0.5, 0.6) is 11.5 Å². The van der Waals surface area contributed by atoms with Crippen molar-refractivity contribution in [1.29, 1.82) is 0 Å². The lowest BCUT2D eigenvalue weighted by atomic mass is 10.2. The molecule has 9 heteroatoms. The number of nitro benzene ring substituents is 1. The molecule has 3 aromatic carbocycles. The van der Waals surface area contributed by atoms with Gasteiger partial charge in [-0.05, 0) is 41.5 Å². The van der Waals surface area contributed by atoms with E-state index in [1.54, 1.807) is 31.5 Å². The molecule has 0 amide bonds. The highest BCUT2D eigenvalue weighted by Crippen LogP contribution is 2.29. The Morgan fingerprint density at radius 1 is 1.09 bits per heavy atom. The van der Waals surface area contributed by atoms with Crippen molar-refractivity contribution in [3.63, 3.8) is 0 Å². The van der Waals surface area contributed by atoms with Crippen molar-refractivity contribution in [2.24, 2.45) is 5.10 Å². The first-order valence-corrected chi connectivity index (χ1v) is 10.8. The molecule has 33 heavy (non-hydrogen) atoms. The summed E-state index contributed by atoms with van der Waals surface area (Å²) >= 11 is 1.48. The summed E-state index contributed by atoms with van der Waals surface area (Å²) in [5.41, 5.74) is 6.59. The van der Waals surface area contributed by atoms with Crippen LogP contribution in [-0.2, 0) is 6.61 Å². The van der Waals surface area contributed by atoms with Gasteiger partial charge in [-0.2, -0.15) is 5.10 Å². The molecular weight excluding hydrogens is 440 g/mol. The number of hydrazone groups is 1. The molecule has 0 aliphatic heterocycles. The Kier molecular flexibility index (Phi) is 6.91. The van der Waals surface area contributed by atoms with E-state index in [0.29, 0.717) is 16.6 Å². The number of nitrogens with zero attached hydrogens (tertiary/aromatic N) is 3. The average molecular weight is 461 g/mol. The Bertz CT molecular complexity index is 1260. The smallest absolute Gasteiger partial charge is 0.269 e. The number of nitrogens with one attached hydrogen (secondary N) is 1. The first kappa shape index (κ1) is 22.0. The average Bonchev–Trinajstić information content (AvgIpc) is 3.33. The topological polar surface area (TPSA) is 98.9 Å². The molecule has 1 aromatic heterocycles. The molecule has 0 unspecified atom stereocenters. The third kappa shape index (κ3) is 5.72. The van der Waals surface area contributed by atoms with Gasteiger partial charge in [0, 0.05) is 23.1 Å². The Labute approximate surface area is 194 Å². The number of methoxy groups -OCH3 is 1. The normalized spacial score (nSPS) is 10.8. The van der Waals surface area contributed by atoms with Gasteiger partial charge in [-0.3, -0.25) is 15.5 Å². The number of rotatable bonds is 9. The molecule has 8 nitrogen and oxygen atoms in total. The summed E-state index contributed by atoms with van der Waals surface area (Å²) in [6.45, 7) is 0.261.